The molecule has 3 atom stereocenters. The van der Waals surface area contributed by atoms with Crippen molar-refractivity contribution in [3.8, 4) is 23.0 Å². The summed E-state index contributed by atoms with van der Waals surface area (Å²) in [7, 11) is 2.13. The van der Waals surface area contributed by atoms with Crippen LogP contribution in [-0.4, -0.2) is 93.0 Å². The Morgan fingerprint density at radius 2 is 1.80 bits per heavy atom. The molecule has 0 spiro atoms. The lowest BCUT2D eigenvalue weighted by Gasteiger charge is -2.42. The molecule has 2 aromatic heterocycles. The number of rotatable bonds is 5. The van der Waals surface area contributed by atoms with E-state index in [0.717, 1.165) is 76.5 Å². The van der Waals surface area contributed by atoms with Crippen LogP contribution < -0.4 is 9.64 Å². The van der Waals surface area contributed by atoms with Gasteiger partial charge in [-0.3, -0.25) is 9.88 Å². The molecule has 10 heteroatoms. The van der Waals surface area contributed by atoms with E-state index < -0.39 is 5.60 Å². The van der Waals surface area contributed by atoms with Crippen molar-refractivity contribution in [1.82, 2.24) is 24.8 Å². The van der Waals surface area contributed by atoms with Crippen molar-refractivity contribution >= 4 is 33.6 Å². The highest BCUT2D eigenvalue weighted by atomic mass is 16.6. The summed E-state index contributed by atoms with van der Waals surface area (Å²) in [6, 6.07) is 12.3. The highest BCUT2D eigenvalue weighted by Crippen LogP contribution is 2.39. The molecule has 0 saturated carbocycles. The highest BCUT2D eigenvalue weighted by Gasteiger charge is 2.45. The molecule has 7 rings (SSSR count). The first-order chi connectivity index (χ1) is 21.6. The molecule has 3 saturated heterocycles. The van der Waals surface area contributed by atoms with Crippen molar-refractivity contribution in [2.75, 3.05) is 38.2 Å². The second-order valence-electron chi connectivity index (χ2n) is 13.8. The van der Waals surface area contributed by atoms with Crippen molar-refractivity contribution in [2.24, 2.45) is 0 Å². The number of carbonyl (C=O) groups excluding carboxylic acids is 1. The largest absolute Gasteiger partial charge is 0.508 e. The van der Waals surface area contributed by atoms with Gasteiger partial charge in [0.15, 0.2) is 0 Å². The van der Waals surface area contributed by atoms with Gasteiger partial charge in [-0.2, -0.15) is 9.97 Å². The molecular formula is C35H42N6O4. The molecule has 45 heavy (non-hydrogen) atoms. The summed E-state index contributed by atoms with van der Waals surface area (Å²) in [4.78, 5) is 34.6. The van der Waals surface area contributed by atoms with Gasteiger partial charge in [-0.25, -0.2) is 4.79 Å². The standard InChI is InChI=1S/C35H42N6O4/c1-21-30(28-16-26(42)15-22-9-6-7-11-27(22)28)36-17-29-31(21)37-33(44-20-25-10-8-14-39(25)5)38-32(29)40-18-23-12-13-24(19-40)41(23)34(43)45-35(2,3)4/h6-7,9,11,15-17,23-25,42H,8,10,12-14,18-20H2,1-5H3/t23-,24+,25-/m0/s1. The second-order valence-corrected chi connectivity index (χ2v) is 13.8. The van der Waals surface area contributed by atoms with Gasteiger partial charge in [0, 0.05) is 36.5 Å². The van der Waals surface area contributed by atoms with Crippen LogP contribution in [0.5, 0.6) is 11.8 Å². The van der Waals surface area contributed by atoms with Crippen LogP contribution in [0.2, 0.25) is 0 Å². The Morgan fingerprint density at radius 3 is 2.51 bits per heavy atom. The Labute approximate surface area is 264 Å². The van der Waals surface area contributed by atoms with Gasteiger partial charge in [0.1, 0.15) is 23.8 Å². The fourth-order valence-electron chi connectivity index (χ4n) is 7.30. The maximum absolute atomic E-state index is 13.2. The Bertz CT molecular complexity index is 1760. The molecule has 236 valence electrons. The minimum Gasteiger partial charge on any atom is -0.508 e. The molecule has 3 aliphatic heterocycles. The molecule has 3 aliphatic rings. The van der Waals surface area contributed by atoms with Gasteiger partial charge in [0.05, 0.1) is 28.7 Å². The number of ether oxygens (including phenoxy) is 2. The lowest BCUT2D eigenvalue weighted by molar-refractivity contribution is 0.0122. The summed E-state index contributed by atoms with van der Waals surface area (Å²) in [5.74, 6) is 0.967. The number of aromatic hydroxyl groups is 1. The van der Waals surface area contributed by atoms with Crippen molar-refractivity contribution in [3.63, 3.8) is 0 Å². The average Bonchev–Trinajstić information content (AvgIpc) is 3.53. The third kappa shape index (κ3) is 5.60. The van der Waals surface area contributed by atoms with E-state index in [1.165, 1.54) is 0 Å². The Hall–Kier alpha value is -4.18. The average molecular weight is 611 g/mol. The summed E-state index contributed by atoms with van der Waals surface area (Å²) in [6.45, 7) is 10.6. The molecule has 3 fully saturated rings. The van der Waals surface area contributed by atoms with Crippen LogP contribution >= 0.6 is 0 Å². The predicted octanol–water partition coefficient (Wildman–Crippen LogP) is 5.92. The van der Waals surface area contributed by atoms with Gasteiger partial charge in [0.2, 0.25) is 0 Å². The monoisotopic (exact) mass is 610 g/mol. The molecule has 0 aliphatic carbocycles. The first kappa shape index (κ1) is 29.5. The number of hydrogen-bond donors (Lipinski definition) is 1. The van der Waals surface area contributed by atoms with Gasteiger partial charge >= 0.3 is 12.1 Å². The number of aryl methyl sites for hydroxylation is 1. The summed E-state index contributed by atoms with van der Waals surface area (Å²) in [6.07, 6.45) is 5.70. The SMILES string of the molecule is Cc1c(-c2cc(O)cc3ccccc23)ncc2c(N3C[C@H]4CC[C@@H](C3)N4C(=O)OC(C)(C)C)nc(OC[C@@H]3CCCN3C)nc12. The zero-order valence-electron chi connectivity index (χ0n) is 26.8. The minimum atomic E-state index is -0.544. The fraction of sp³-hybridized carbons (Fsp3) is 0.486. The molecule has 0 radical (unpaired) electrons. The number of likely N-dealkylation sites (tertiary alicyclic amines) is 1. The number of hydrogen-bond acceptors (Lipinski definition) is 9. The number of piperazine rings is 1. The third-order valence-electron chi connectivity index (χ3n) is 9.50. The predicted molar refractivity (Wildman–Crippen MR) is 175 cm³/mol. The maximum Gasteiger partial charge on any atom is 0.410 e. The molecule has 5 heterocycles. The zero-order chi connectivity index (χ0) is 31.5. The Kier molecular flexibility index (Phi) is 7.43. The Morgan fingerprint density at radius 1 is 1.04 bits per heavy atom. The fourth-order valence-corrected chi connectivity index (χ4v) is 7.30. The van der Waals surface area contributed by atoms with Crippen molar-refractivity contribution in [1.29, 1.82) is 0 Å². The quantitative estimate of drug-likeness (QED) is 0.295. The van der Waals surface area contributed by atoms with Gasteiger partial charge in [0.25, 0.3) is 0 Å². The number of pyridine rings is 1. The summed E-state index contributed by atoms with van der Waals surface area (Å²) in [5, 5.41) is 13.4. The topological polar surface area (TPSA) is 104 Å². The second kappa shape index (κ2) is 11.3. The third-order valence-corrected chi connectivity index (χ3v) is 9.50. The van der Waals surface area contributed by atoms with E-state index in [4.69, 9.17) is 24.4 Å². The van der Waals surface area contributed by atoms with E-state index >= 15 is 0 Å². The molecule has 2 bridgehead atoms. The van der Waals surface area contributed by atoms with Crippen molar-refractivity contribution < 1.29 is 19.4 Å². The normalized spacial score (nSPS) is 22.0. The number of benzene rings is 2. The van der Waals surface area contributed by atoms with E-state index in [2.05, 4.69) is 16.8 Å². The number of aromatic nitrogens is 3. The zero-order valence-corrected chi connectivity index (χ0v) is 26.8. The molecule has 0 unspecified atom stereocenters. The smallest absolute Gasteiger partial charge is 0.410 e. The summed E-state index contributed by atoms with van der Waals surface area (Å²) in [5.41, 5.74) is 2.73. The van der Waals surface area contributed by atoms with E-state index in [1.54, 1.807) is 12.1 Å². The molecule has 10 nitrogen and oxygen atoms in total. The van der Waals surface area contributed by atoms with Crippen molar-refractivity contribution in [2.45, 2.75) is 77.1 Å². The highest BCUT2D eigenvalue weighted by molar-refractivity contribution is 6.01. The number of nitrogens with zero attached hydrogens (tertiary/aromatic N) is 6. The molecular weight excluding hydrogens is 568 g/mol. The van der Waals surface area contributed by atoms with Crippen LogP contribution in [0.3, 0.4) is 0 Å². The number of phenolic OH excluding ortho intramolecular Hbond substituents is 1. The lowest BCUT2D eigenvalue weighted by atomic mass is 9.97. The molecule has 1 amide bonds. The number of amides is 1. The van der Waals surface area contributed by atoms with Gasteiger partial charge in [-0.05, 0) is 89.9 Å². The Balaban J connectivity index is 1.29. The molecule has 2 aromatic carbocycles. The first-order valence-electron chi connectivity index (χ1n) is 16.0. The lowest BCUT2D eigenvalue weighted by Crippen LogP contribution is -2.57. The van der Waals surface area contributed by atoms with Crippen LogP contribution in [0, 0.1) is 6.92 Å². The minimum absolute atomic E-state index is 0.0344. The van der Waals surface area contributed by atoms with Crippen LogP contribution in [0.1, 0.15) is 52.0 Å². The molecule has 4 aromatic rings. The van der Waals surface area contributed by atoms with E-state index in [1.807, 2.05) is 63.1 Å². The van der Waals surface area contributed by atoms with Crippen LogP contribution in [0.4, 0.5) is 10.6 Å². The number of fused-ring (bicyclic) bond motifs is 4. The number of likely N-dealkylation sites (N-methyl/N-ethyl adjacent to an activating group) is 1. The van der Waals surface area contributed by atoms with Gasteiger partial charge in [-0.15, -0.1) is 0 Å². The van der Waals surface area contributed by atoms with E-state index in [9.17, 15) is 9.90 Å². The van der Waals surface area contributed by atoms with E-state index in [0.29, 0.717) is 31.7 Å². The summed E-state index contributed by atoms with van der Waals surface area (Å²) < 4.78 is 12.1. The first-order valence-corrected chi connectivity index (χ1v) is 16.0. The number of carbonyl (C=O) groups is 1. The van der Waals surface area contributed by atoms with Gasteiger partial charge < -0.3 is 24.4 Å². The van der Waals surface area contributed by atoms with Crippen LogP contribution in [-0.2, 0) is 4.74 Å². The van der Waals surface area contributed by atoms with Gasteiger partial charge in [-0.1, -0.05) is 24.3 Å². The van der Waals surface area contributed by atoms with Crippen molar-refractivity contribution in [3.05, 3.63) is 48.2 Å². The molecule has 1 N–H and O–H groups in total. The number of phenols is 1. The van der Waals surface area contributed by atoms with Crippen LogP contribution in [0.25, 0.3) is 32.9 Å². The summed E-state index contributed by atoms with van der Waals surface area (Å²) >= 11 is 0. The van der Waals surface area contributed by atoms with Crippen LogP contribution in [0.15, 0.2) is 42.6 Å². The van der Waals surface area contributed by atoms with E-state index in [-0.39, 0.29) is 23.9 Å². The number of anilines is 1. The maximum atomic E-state index is 13.2.